The molecule has 3 aromatic rings. The molecule has 0 bridgehead atoms. The predicted molar refractivity (Wildman–Crippen MR) is 99.7 cm³/mol. The SMILES string of the molecule is O=C(Nc1ccc(Oc2cccc(F)c2)cc1)N[C@H]1COc2ccccc21. The minimum absolute atomic E-state index is 0.184. The third-order valence-corrected chi connectivity index (χ3v) is 4.15. The number of amides is 2. The van der Waals surface area contributed by atoms with Gasteiger partial charge in [0.15, 0.2) is 0 Å². The summed E-state index contributed by atoms with van der Waals surface area (Å²) < 4.78 is 24.3. The van der Waals surface area contributed by atoms with Crippen molar-refractivity contribution in [3.8, 4) is 17.2 Å². The number of nitrogens with one attached hydrogen (secondary N) is 2. The van der Waals surface area contributed by atoms with Crippen molar-refractivity contribution in [1.29, 1.82) is 0 Å². The average Bonchev–Trinajstić information content (AvgIpc) is 3.06. The number of hydrogen-bond donors (Lipinski definition) is 2. The fourth-order valence-electron chi connectivity index (χ4n) is 2.88. The highest BCUT2D eigenvalue weighted by atomic mass is 19.1. The summed E-state index contributed by atoms with van der Waals surface area (Å²) in [6.45, 7) is 0.410. The molecule has 5 nitrogen and oxygen atoms in total. The summed E-state index contributed by atoms with van der Waals surface area (Å²) in [5.74, 6) is 1.39. The molecule has 1 atom stereocenters. The Kier molecular flexibility index (Phi) is 4.61. The first kappa shape index (κ1) is 16.9. The van der Waals surface area contributed by atoms with Gasteiger partial charge in [-0.3, -0.25) is 0 Å². The Labute approximate surface area is 155 Å². The van der Waals surface area contributed by atoms with E-state index in [-0.39, 0.29) is 17.9 Å². The van der Waals surface area contributed by atoms with E-state index in [4.69, 9.17) is 9.47 Å². The molecule has 3 aromatic carbocycles. The van der Waals surface area contributed by atoms with Crippen molar-refractivity contribution in [3.63, 3.8) is 0 Å². The van der Waals surface area contributed by atoms with Crippen LogP contribution in [-0.4, -0.2) is 12.6 Å². The van der Waals surface area contributed by atoms with Crippen molar-refractivity contribution in [2.75, 3.05) is 11.9 Å². The third-order valence-electron chi connectivity index (χ3n) is 4.15. The molecule has 0 radical (unpaired) electrons. The van der Waals surface area contributed by atoms with Crippen LogP contribution in [0.2, 0.25) is 0 Å². The molecule has 0 aliphatic carbocycles. The van der Waals surface area contributed by atoms with E-state index in [1.165, 1.54) is 12.1 Å². The number of carbonyl (C=O) groups is 1. The van der Waals surface area contributed by atoms with E-state index in [2.05, 4.69) is 10.6 Å². The molecule has 6 heteroatoms. The first-order valence-corrected chi connectivity index (χ1v) is 8.50. The Bertz CT molecular complexity index is 960. The molecule has 0 unspecified atom stereocenters. The molecule has 27 heavy (non-hydrogen) atoms. The summed E-state index contributed by atoms with van der Waals surface area (Å²) in [6, 6.07) is 19.9. The summed E-state index contributed by atoms with van der Waals surface area (Å²) in [7, 11) is 0. The molecule has 2 N–H and O–H groups in total. The van der Waals surface area contributed by atoms with Crippen LogP contribution < -0.4 is 20.1 Å². The van der Waals surface area contributed by atoms with Gasteiger partial charge in [0.2, 0.25) is 0 Å². The van der Waals surface area contributed by atoms with Gasteiger partial charge < -0.3 is 20.1 Å². The highest BCUT2D eigenvalue weighted by Gasteiger charge is 2.24. The molecular weight excluding hydrogens is 347 g/mol. The largest absolute Gasteiger partial charge is 0.491 e. The molecular formula is C21H17FN2O3. The summed E-state index contributed by atoms with van der Waals surface area (Å²) >= 11 is 0. The second-order valence-electron chi connectivity index (χ2n) is 6.08. The Morgan fingerprint density at radius 1 is 1.00 bits per heavy atom. The molecule has 0 aromatic heterocycles. The van der Waals surface area contributed by atoms with Gasteiger partial charge in [0.1, 0.15) is 29.7 Å². The maximum absolute atomic E-state index is 13.2. The zero-order chi connectivity index (χ0) is 18.6. The first-order valence-electron chi connectivity index (χ1n) is 8.50. The van der Waals surface area contributed by atoms with Crippen molar-refractivity contribution >= 4 is 11.7 Å². The van der Waals surface area contributed by atoms with Crippen LogP contribution in [0.1, 0.15) is 11.6 Å². The molecule has 4 rings (SSSR count). The van der Waals surface area contributed by atoms with Gasteiger partial charge in [0.05, 0.1) is 6.04 Å². The van der Waals surface area contributed by atoms with Gasteiger partial charge in [-0.25, -0.2) is 9.18 Å². The summed E-state index contributed by atoms with van der Waals surface area (Å²) in [6.07, 6.45) is 0. The minimum Gasteiger partial charge on any atom is -0.491 e. The monoisotopic (exact) mass is 364 g/mol. The van der Waals surface area contributed by atoms with Crippen LogP contribution >= 0.6 is 0 Å². The van der Waals surface area contributed by atoms with E-state index in [1.807, 2.05) is 24.3 Å². The zero-order valence-electron chi connectivity index (χ0n) is 14.3. The number of rotatable bonds is 4. The van der Waals surface area contributed by atoms with Crippen molar-refractivity contribution in [2.24, 2.45) is 0 Å². The number of urea groups is 1. The van der Waals surface area contributed by atoms with Gasteiger partial charge in [-0.15, -0.1) is 0 Å². The van der Waals surface area contributed by atoms with Crippen LogP contribution in [0.25, 0.3) is 0 Å². The molecule has 1 aliphatic heterocycles. The summed E-state index contributed by atoms with van der Waals surface area (Å²) in [4.78, 5) is 12.2. The number of para-hydroxylation sites is 1. The van der Waals surface area contributed by atoms with E-state index in [0.717, 1.165) is 11.3 Å². The Balaban J connectivity index is 1.35. The van der Waals surface area contributed by atoms with Crippen molar-refractivity contribution < 1.29 is 18.7 Å². The lowest BCUT2D eigenvalue weighted by Crippen LogP contribution is -2.33. The van der Waals surface area contributed by atoms with Crippen molar-refractivity contribution in [1.82, 2.24) is 5.32 Å². The average molecular weight is 364 g/mol. The fourth-order valence-corrected chi connectivity index (χ4v) is 2.88. The van der Waals surface area contributed by atoms with Crippen LogP contribution in [0.15, 0.2) is 72.8 Å². The zero-order valence-corrected chi connectivity index (χ0v) is 14.3. The number of benzene rings is 3. The number of halogens is 1. The molecule has 1 aliphatic rings. The molecule has 0 spiro atoms. The second kappa shape index (κ2) is 7.37. The van der Waals surface area contributed by atoms with E-state index in [1.54, 1.807) is 36.4 Å². The number of anilines is 1. The maximum Gasteiger partial charge on any atom is 0.319 e. The van der Waals surface area contributed by atoms with E-state index in [9.17, 15) is 9.18 Å². The smallest absolute Gasteiger partial charge is 0.319 e. The van der Waals surface area contributed by atoms with Crippen LogP contribution in [-0.2, 0) is 0 Å². The van der Waals surface area contributed by atoms with Gasteiger partial charge in [-0.2, -0.15) is 0 Å². The lowest BCUT2D eigenvalue weighted by atomic mass is 10.1. The molecule has 1 heterocycles. The van der Waals surface area contributed by atoms with E-state index >= 15 is 0 Å². The van der Waals surface area contributed by atoms with Crippen LogP contribution in [0.5, 0.6) is 17.2 Å². The molecule has 0 fully saturated rings. The minimum atomic E-state index is -0.361. The van der Waals surface area contributed by atoms with E-state index in [0.29, 0.717) is 23.8 Å². The Morgan fingerprint density at radius 3 is 2.63 bits per heavy atom. The van der Waals surface area contributed by atoms with Crippen LogP contribution in [0, 0.1) is 5.82 Å². The first-order chi connectivity index (χ1) is 13.2. The quantitative estimate of drug-likeness (QED) is 0.694. The molecule has 0 saturated carbocycles. The van der Waals surface area contributed by atoms with Gasteiger partial charge in [0, 0.05) is 17.3 Å². The van der Waals surface area contributed by atoms with Gasteiger partial charge in [0.25, 0.3) is 0 Å². The number of carbonyl (C=O) groups excluding carboxylic acids is 1. The molecule has 136 valence electrons. The van der Waals surface area contributed by atoms with Crippen molar-refractivity contribution in [3.05, 3.63) is 84.2 Å². The summed E-state index contributed by atoms with van der Waals surface area (Å²) in [5.41, 5.74) is 1.58. The lowest BCUT2D eigenvalue weighted by molar-refractivity contribution is 0.243. The normalized spacial score (nSPS) is 14.8. The van der Waals surface area contributed by atoms with Gasteiger partial charge in [-0.05, 0) is 42.5 Å². The molecule has 0 saturated heterocycles. The summed E-state index contributed by atoms with van der Waals surface area (Å²) in [5, 5.41) is 5.67. The molecule has 2 amide bonds. The van der Waals surface area contributed by atoms with Crippen molar-refractivity contribution in [2.45, 2.75) is 6.04 Å². The number of ether oxygens (including phenoxy) is 2. The second-order valence-corrected chi connectivity index (χ2v) is 6.08. The van der Waals surface area contributed by atoms with E-state index < -0.39 is 0 Å². The van der Waals surface area contributed by atoms with Gasteiger partial charge >= 0.3 is 6.03 Å². The predicted octanol–water partition coefficient (Wildman–Crippen LogP) is 4.87. The van der Waals surface area contributed by atoms with Gasteiger partial charge in [-0.1, -0.05) is 24.3 Å². The Morgan fingerprint density at radius 2 is 1.81 bits per heavy atom. The standard InChI is InChI=1S/C21H17FN2O3/c22-14-4-3-5-17(12-14)27-16-10-8-15(9-11-16)23-21(25)24-19-13-26-20-7-2-1-6-18(19)20/h1-12,19H,13H2,(H2,23,24,25)/t19-/m0/s1. The third kappa shape index (κ3) is 4.00. The lowest BCUT2D eigenvalue weighted by Gasteiger charge is -2.13. The van der Waals surface area contributed by atoms with Crippen LogP contribution in [0.4, 0.5) is 14.9 Å². The van der Waals surface area contributed by atoms with Crippen LogP contribution in [0.3, 0.4) is 0 Å². The highest BCUT2D eigenvalue weighted by Crippen LogP contribution is 2.31. The Hall–Kier alpha value is -3.54. The number of hydrogen-bond acceptors (Lipinski definition) is 3. The number of fused-ring (bicyclic) bond motifs is 1. The highest BCUT2D eigenvalue weighted by molar-refractivity contribution is 5.89. The fraction of sp³-hybridized carbons (Fsp3) is 0.0952. The topological polar surface area (TPSA) is 59.6 Å². The maximum atomic E-state index is 13.2.